The van der Waals surface area contributed by atoms with Crippen LogP contribution in [0.2, 0.25) is 5.82 Å². The van der Waals surface area contributed by atoms with Crippen LogP contribution < -0.4 is 0 Å². The maximum atomic E-state index is 5.87. The number of rotatable bonds is 2. The van der Waals surface area contributed by atoms with Gasteiger partial charge in [0, 0.05) is 0 Å². The third kappa shape index (κ3) is 1.56. The van der Waals surface area contributed by atoms with E-state index in [1.54, 1.807) is 0 Å². The van der Waals surface area contributed by atoms with Crippen LogP contribution >= 0.6 is 0 Å². The largest absolute Gasteiger partial charge is 0.0768 e. The van der Waals surface area contributed by atoms with Gasteiger partial charge < -0.3 is 0 Å². The lowest BCUT2D eigenvalue weighted by Gasteiger charge is -2.14. The lowest BCUT2D eigenvalue weighted by atomic mass is 9.85. The second-order valence-corrected chi connectivity index (χ2v) is 3.57. The average molecular weight is 136 g/mol. The quantitative estimate of drug-likeness (QED) is 0.512. The van der Waals surface area contributed by atoms with Gasteiger partial charge in [-0.25, -0.2) is 0 Å². The summed E-state index contributed by atoms with van der Waals surface area (Å²) in [6.07, 6.45) is 5.20. The Kier molecular flexibility index (Phi) is 2.82. The first-order valence-corrected chi connectivity index (χ1v) is 4.53. The minimum Gasteiger partial charge on any atom is -0.0768 e. The number of hydrogen-bond donors (Lipinski definition) is 0. The minimum atomic E-state index is 0.509. The first-order valence-electron chi connectivity index (χ1n) is 4.53. The van der Waals surface area contributed by atoms with Gasteiger partial charge in [-0.1, -0.05) is 45.3 Å². The molecule has 1 rings (SSSR count). The number of hydrogen-bond acceptors (Lipinski definition) is 0. The first-order chi connectivity index (χ1) is 4.77. The van der Waals surface area contributed by atoms with Crippen molar-refractivity contribution in [1.82, 2.24) is 0 Å². The Balaban J connectivity index is 2.41. The van der Waals surface area contributed by atoms with Crippen molar-refractivity contribution in [3.8, 4) is 0 Å². The highest BCUT2D eigenvalue weighted by Gasteiger charge is 2.28. The van der Waals surface area contributed by atoms with Crippen molar-refractivity contribution in [3.63, 3.8) is 0 Å². The molecule has 0 saturated heterocycles. The molecule has 0 amide bonds. The Hall–Kier alpha value is 0.0649. The van der Waals surface area contributed by atoms with E-state index >= 15 is 0 Å². The van der Waals surface area contributed by atoms with Gasteiger partial charge in [-0.05, 0) is 11.8 Å². The summed E-state index contributed by atoms with van der Waals surface area (Å²) in [5, 5.41) is 0. The lowest BCUT2D eigenvalue weighted by Crippen LogP contribution is -2.04. The Morgan fingerprint density at radius 1 is 1.10 bits per heavy atom. The fourth-order valence-corrected chi connectivity index (χ4v) is 2.26. The fraction of sp³-hybridized carbons (Fsp3) is 1.00. The van der Waals surface area contributed by atoms with Gasteiger partial charge in [-0.15, -0.1) is 0 Å². The Morgan fingerprint density at radius 3 is 1.80 bits per heavy atom. The molecule has 2 radical (unpaired) electrons. The molecule has 0 bridgehead atoms. The minimum absolute atomic E-state index is 0.509. The fourth-order valence-electron chi connectivity index (χ4n) is 2.26. The summed E-state index contributed by atoms with van der Waals surface area (Å²) in [6, 6.07) is 0. The summed E-state index contributed by atoms with van der Waals surface area (Å²) in [5.41, 5.74) is 0. The highest BCUT2D eigenvalue weighted by Crippen LogP contribution is 2.41. The molecule has 0 aromatic rings. The second-order valence-electron chi connectivity index (χ2n) is 3.57. The van der Waals surface area contributed by atoms with Crippen LogP contribution in [0.1, 0.15) is 39.5 Å². The molecule has 1 saturated carbocycles. The van der Waals surface area contributed by atoms with Crippen LogP contribution in [0.5, 0.6) is 0 Å². The van der Waals surface area contributed by atoms with E-state index < -0.39 is 0 Å². The Labute approximate surface area is 65.8 Å². The molecule has 1 fully saturated rings. The highest BCUT2D eigenvalue weighted by molar-refractivity contribution is 6.11. The van der Waals surface area contributed by atoms with Gasteiger partial charge in [0.15, 0.2) is 0 Å². The van der Waals surface area contributed by atoms with Crippen LogP contribution in [0, 0.1) is 11.8 Å². The molecule has 1 heteroatoms. The highest BCUT2D eigenvalue weighted by atomic mass is 14.3. The van der Waals surface area contributed by atoms with Crippen molar-refractivity contribution in [2.75, 3.05) is 0 Å². The molecular formula is C9H17B. The van der Waals surface area contributed by atoms with E-state index in [1.807, 2.05) is 0 Å². The van der Waals surface area contributed by atoms with Crippen LogP contribution in [0.15, 0.2) is 0 Å². The van der Waals surface area contributed by atoms with Gasteiger partial charge in [0.25, 0.3) is 0 Å². The van der Waals surface area contributed by atoms with Crippen molar-refractivity contribution in [1.29, 1.82) is 0 Å². The van der Waals surface area contributed by atoms with Gasteiger partial charge in [0.2, 0.25) is 0 Å². The van der Waals surface area contributed by atoms with Crippen LogP contribution in [0.4, 0.5) is 0 Å². The zero-order valence-corrected chi connectivity index (χ0v) is 7.14. The van der Waals surface area contributed by atoms with E-state index in [0.29, 0.717) is 5.82 Å². The van der Waals surface area contributed by atoms with Crippen molar-refractivity contribution < 1.29 is 0 Å². The lowest BCUT2D eigenvalue weighted by molar-refractivity contribution is 0.367. The summed E-state index contributed by atoms with van der Waals surface area (Å²) >= 11 is 0. The molecule has 10 heavy (non-hydrogen) atoms. The van der Waals surface area contributed by atoms with Crippen LogP contribution in [0.25, 0.3) is 0 Å². The zero-order chi connectivity index (χ0) is 7.56. The molecular weight excluding hydrogens is 119 g/mol. The topological polar surface area (TPSA) is 0 Å². The molecule has 56 valence electrons. The molecule has 2 unspecified atom stereocenters. The van der Waals surface area contributed by atoms with E-state index in [1.165, 1.54) is 25.7 Å². The van der Waals surface area contributed by atoms with Crippen LogP contribution in [-0.2, 0) is 0 Å². The van der Waals surface area contributed by atoms with Crippen molar-refractivity contribution >= 4 is 7.85 Å². The zero-order valence-electron chi connectivity index (χ0n) is 7.14. The van der Waals surface area contributed by atoms with Gasteiger partial charge in [0.1, 0.15) is 0 Å². The van der Waals surface area contributed by atoms with Crippen molar-refractivity contribution in [3.05, 3.63) is 0 Å². The van der Waals surface area contributed by atoms with Crippen LogP contribution in [0.3, 0.4) is 0 Å². The maximum absolute atomic E-state index is 5.87. The smallest absolute Gasteiger partial charge is 0.0699 e. The summed E-state index contributed by atoms with van der Waals surface area (Å²) in [4.78, 5) is 0. The van der Waals surface area contributed by atoms with Gasteiger partial charge in [-0.3, -0.25) is 0 Å². The van der Waals surface area contributed by atoms with Crippen molar-refractivity contribution in [2.45, 2.75) is 45.3 Å². The molecule has 0 aliphatic heterocycles. The molecule has 0 aromatic heterocycles. The first kappa shape index (κ1) is 8.16. The summed E-state index contributed by atoms with van der Waals surface area (Å²) in [7, 11) is 5.87. The van der Waals surface area contributed by atoms with E-state index in [4.69, 9.17) is 7.85 Å². The van der Waals surface area contributed by atoms with Crippen molar-refractivity contribution in [2.24, 2.45) is 11.8 Å². The molecule has 0 spiro atoms. The average Bonchev–Trinajstić information content (AvgIpc) is 2.30. The van der Waals surface area contributed by atoms with E-state index in [2.05, 4.69) is 13.8 Å². The molecule has 1 aliphatic carbocycles. The molecule has 1 aliphatic rings. The third-order valence-electron chi connectivity index (χ3n) is 2.93. The predicted octanol–water partition coefficient (Wildman–Crippen LogP) is 2.79. The molecule has 0 N–H and O–H groups in total. The third-order valence-corrected chi connectivity index (χ3v) is 2.93. The maximum Gasteiger partial charge on any atom is 0.0699 e. The monoisotopic (exact) mass is 136 g/mol. The predicted molar refractivity (Wildman–Crippen MR) is 46.3 cm³/mol. The standard InChI is InChI=1S/C9H17B/c1-3-7-5-9(10)6-8(7)4-2/h7-9H,3-6H2,1-2H3. The SMILES string of the molecule is [B]C1CC(CC)C(CC)C1. The molecule has 2 atom stereocenters. The van der Waals surface area contributed by atoms with Gasteiger partial charge in [-0.2, -0.15) is 0 Å². The van der Waals surface area contributed by atoms with Crippen LogP contribution in [-0.4, -0.2) is 7.85 Å². The van der Waals surface area contributed by atoms with Gasteiger partial charge in [0.05, 0.1) is 7.85 Å². The molecule has 0 aromatic carbocycles. The Bertz CT molecular complexity index is 88.9. The summed E-state index contributed by atoms with van der Waals surface area (Å²) in [6.45, 7) is 4.57. The van der Waals surface area contributed by atoms with E-state index in [-0.39, 0.29) is 0 Å². The van der Waals surface area contributed by atoms with E-state index in [0.717, 1.165) is 11.8 Å². The summed E-state index contributed by atoms with van der Waals surface area (Å²) < 4.78 is 0. The van der Waals surface area contributed by atoms with E-state index in [9.17, 15) is 0 Å². The Morgan fingerprint density at radius 2 is 1.50 bits per heavy atom. The normalized spacial score (nSPS) is 40.4. The second kappa shape index (κ2) is 3.45. The molecule has 0 heterocycles. The summed E-state index contributed by atoms with van der Waals surface area (Å²) in [5.74, 6) is 2.37. The molecule has 0 nitrogen and oxygen atoms in total. The van der Waals surface area contributed by atoms with Gasteiger partial charge >= 0.3 is 0 Å².